The molecule has 2 heterocycles. The molecule has 2 aliphatic rings. The van der Waals surface area contributed by atoms with E-state index >= 15 is 0 Å². The highest BCUT2D eigenvalue weighted by atomic mass is 16.5. The number of nitrogens with zero attached hydrogens (tertiary/aromatic N) is 2. The van der Waals surface area contributed by atoms with Crippen molar-refractivity contribution in [3.63, 3.8) is 0 Å². The van der Waals surface area contributed by atoms with Gasteiger partial charge in [0.1, 0.15) is 5.70 Å². The van der Waals surface area contributed by atoms with Crippen molar-refractivity contribution in [1.29, 1.82) is 0 Å². The van der Waals surface area contributed by atoms with Gasteiger partial charge in [0.2, 0.25) is 0 Å². The first-order valence-corrected chi connectivity index (χ1v) is 10.8. The summed E-state index contributed by atoms with van der Waals surface area (Å²) >= 11 is 0. The predicted octanol–water partition coefficient (Wildman–Crippen LogP) is 3.51. The third-order valence-electron chi connectivity index (χ3n) is 5.95. The lowest BCUT2D eigenvalue weighted by molar-refractivity contribution is -0.137. The van der Waals surface area contributed by atoms with E-state index in [0.29, 0.717) is 35.7 Å². The molecule has 4 rings (SSSR count). The van der Waals surface area contributed by atoms with E-state index in [-0.39, 0.29) is 11.8 Å². The molecule has 0 radical (unpaired) electrons. The highest BCUT2D eigenvalue weighted by molar-refractivity contribution is 6.35. The van der Waals surface area contributed by atoms with Crippen LogP contribution >= 0.6 is 0 Å². The summed E-state index contributed by atoms with van der Waals surface area (Å²) in [6, 6.07) is 15.2. The molecule has 1 fully saturated rings. The van der Waals surface area contributed by atoms with E-state index in [1.54, 1.807) is 14.2 Å². The highest BCUT2D eigenvalue weighted by Crippen LogP contribution is 2.33. The van der Waals surface area contributed by atoms with Crippen LogP contribution in [0.5, 0.6) is 11.5 Å². The third kappa shape index (κ3) is 4.15. The summed E-state index contributed by atoms with van der Waals surface area (Å²) in [5.74, 6) is 0.889. The van der Waals surface area contributed by atoms with Crippen LogP contribution in [0.1, 0.15) is 30.4 Å². The van der Waals surface area contributed by atoms with Gasteiger partial charge in [-0.3, -0.25) is 14.5 Å². The predicted molar refractivity (Wildman–Crippen MR) is 119 cm³/mol. The van der Waals surface area contributed by atoms with E-state index in [4.69, 9.17) is 9.47 Å². The van der Waals surface area contributed by atoms with Crippen LogP contribution in [0.15, 0.2) is 54.2 Å². The molecule has 1 saturated heterocycles. The molecule has 0 aromatic heterocycles. The first kappa shape index (κ1) is 21.0. The van der Waals surface area contributed by atoms with Gasteiger partial charge in [-0.05, 0) is 48.9 Å². The van der Waals surface area contributed by atoms with E-state index in [1.165, 1.54) is 4.90 Å². The minimum absolute atomic E-state index is 0.189. The van der Waals surface area contributed by atoms with Gasteiger partial charge < -0.3 is 14.4 Å². The number of carbonyl (C=O) groups excluding carboxylic acids is 2. The summed E-state index contributed by atoms with van der Waals surface area (Å²) in [5.41, 5.74) is 2.86. The Morgan fingerprint density at radius 1 is 0.839 bits per heavy atom. The monoisotopic (exact) mass is 420 g/mol. The molecule has 2 aliphatic heterocycles. The number of likely N-dealkylation sites (tertiary alicyclic amines) is 1. The number of amides is 2. The molecule has 2 aromatic carbocycles. The molecule has 162 valence electrons. The van der Waals surface area contributed by atoms with Crippen LogP contribution in [0.25, 0.3) is 5.57 Å². The minimum atomic E-state index is -0.211. The molecule has 2 amide bonds. The van der Waals surface area contributed by atoms with Gasteiger partial charge in [0.05, 0.1) is 19.8 Å². The Hall–Kier alpha value is -3.28. The van der Waals surface area contributed by atoms with E-state index < -0.39 is 0 Å². The number of methoxy groups -OCH3 is 2. The van der Waals surface area contributed by atoms with E-state index in [0.717, 1.165) is 43.5 Å². The van der Waals surface area contributed by atoms with Crippen molar-refractivity contribution in [3.8, 4) is 11.5 Å². The van der Waals surface area contributed by atoms with Gasteiger partial charge in [0, 0.05) is 19.6 Å². The number of ether oxygens (including phenoxy) is 2. The average Bonchev–Trinajstić information content (AvgIpc) is 3.08. The minimum Gasteiger partial charge on any atom is -0.493 e. The molecule has 0 saturated carbocycles. The normalized spacial score (nSPS) is 16.8. The number of carbonyl (C=O) groups is 2. The fourth-order valence-electron chi connectivity index (χ4n) is 4.32. The van der Waals surface area contributed by atoms with Crippen molar-refractivity contribution >= 4 is 17.4 Å². The molecule has 0 bridgehead atoms. The van der Waals surface area contributed by atoms with Crippen molar-refractivity contribution in [3.05, 3.63) is 65.4 Å². The van der Waals surface area contributed by atoms with Gasteiger partial charge in [-0.1, -0.05) is 36.4 Å². The zero-order valence-corrected chi connectivity index (χ0v) is 18.1. The first-order chi connectivity index (χ1) is 15.1. The van der Waals surface area contributed by atoms with Crippen LogP contribution in [-0.2, 0) is 16.0 Å². The van der Waals surface area contributed by atoms with E-state index in [2.05, 4.69) is 4.90 Å². The maximum Gasteiger partial charge on any atom is 0.277 e. The second kappa shape index (κ2) is 9.25. The Bertz CT molecular complexity index is 994. The van der Waals surface area contributed by atoms with Crippen LogP contribution in [0.4, 0.5) is 0 Å². The van der Waals surface area contributed by atoms with E-state index in [9.17, 15) is 9.59 Å². The zero-order valence-electron chi connectivity index (χ0n) is 18.1. The van der Waals surface area contributed by atoms with Crippen LogP contribution in [0, 0.1) is 0 Å². The Morgan fingerprint density at radius 2 is 1.55 bits per heavy atom. The molecule has 0 unspecified atom stereocenters. The van der Waals surface area contributed by atoms with Gasteiger partial charge in [-0.15, -0.1) is 0 Å². The fraction of sp³-hybridized carbons (Fsp3) is 0.360. The standard InChI is InChI=1S/C25H28N2O4/c1-30-20-12-11-18(17-21(20)31-2)13-16-27-24(28)22(19-9-5-3-6-10-19)23(25(27)29)26-14-7-4-8-15-26/h3,5-6,9-12,17H,4,7-8,13-16H2,1-2H3. The van der Waals surface area contributed by atoms with Crippen molar-refractivity contribution in [1.82, 2.24) is 9.80 Å². The molecule has 6 heteroatoms. The van der Waals surface area contributed by atoms with Gasteiger partial charge in [0.15, 0.2) is 11.5 Å². The summed E-state index contributed by atoms with van der Waals surface area (Å²) in [5, 5.41) is 0. The smallest absolute Gasteiger partial charge is 0.277 e. The zero-order chi connectivity index (χ0) is 21.8. The number of imide groups is 1. The third-order valence-corrected chi connectivity index (χ3v) is 5.95. The van der Waals surface area contributed by atoms with E-state index in [1.807, 2.05) is 48.5 Å². The topological polar surface area (TPSA) is 59.1 Å². The lowest BCUT2D eigenvalue weighted by Crippen LogP contribution is -2.38. The summed E-state index contributed by atoms with van der Waals surface area (Å²) < 4.78 is 10.7. The number of rotatable bonds is 7. The fourth-order valence-corrected chi connectivity index (χ4v) is 4.32. The summed E-state index contributed by atoms with van der Waals surface area (Å²) in [6.07, 6.45) is 3.79. The van der Waals surface area contributed by atoms with Gasteiger partial charge in [-0.2, -0.15) is 0 Å². The summed E-state index contributed by atoms with van der Waals surface area (Å²) in [7, 11) is 3.19. The van der Waals surface area contributed by atoms with Crippen LogP contribution in [-0.4, -0.2) is 55.5 Å². The van der Waals surface area contributed by atoms with Crippen molar-refractivity contribution < 1.29 is 19.1 Å². The molecular weight excluding hydrogens is 392 g/mol. The molecule has 2 aromatic rings. The maximum absolute atomic E-state index is 13.4. The van der Waals surface area contributed by atoms with Crippen molar-refractivity contribution in [2.75, 3.05) is 33.9 Å². The van der Waals surface area contributed by atoms with Crippen LogP contribution in [0.3, 0.4) is 0 Å². The van der Waals surface area contributed by atoms with Crippen molar-refractivity contribution in [2.45, 2.75) is 25.7 Å². The number of hydrogen-bond acceptors (Lipinski definition) is 5. The number of hydrogen-bond donors (Lipinski definition) is 0. The molecule has 6 nitrogen and oxygen atoms in total. The maximum atomic E-state index is 13.4. The summed E-state index contributed by atoms with van der Waals surface area (Å²) in [6.45, 7) is 1.95. The highest BCUT2D eigenvalue weighted by Gasteiger charge is 2.41. The van der Waals surface area contributed by atoms with Gasteiger partial charge >= 0.3 is 0 Å². The molecule has 0 spiro atoms. The molecule has 31 heavy (non-hydrogen) atoms. The number of piperidine rings is 1. The number of benzene rings is 2. The van der Waals surface area contributed by atoms with Gasteiger partial charge in [0.25, 0.3) is 11.8 Å². The summed E-state index contributed by atoms with van der Waals surface area (Å²) in [4.78, 5) is 30.3. The molecule has 0 aliphatic carbocycles. The lowest BCUT2D eigenvalue weighted by atomic mass is 10.0. The largest absolute Gasteiger partial charge is 0.493 e. The Kier molecular flexibility index (Phi) is 6.26. The molecule has 0 atom stereocenters. The van der Waals surface area contributed by atoms with Crippen LogP contribution in [0.2, 0.25) is 0 Å². The van der Waals surface area contributed by atoms with Gasteiger partial charge in [-0.25, -0.2) is 0 Å². The Morgan fingerprint density at radius 3 is 2.23 bits per heavy atom. The molecule has 0 N–H and O–H groups in total. The second-order valence-electron chi connectivity index (χ2n) is 7.84. The van der Waals surface area contributed by atoms with Crippen LogP contribution < -0.4 is 9.47 Å². The SMILES string of the molecule is COc1ccc(CCN2C(=O)C(c3ccccc3)=C(N3CCCCC3)C2=O)cc1OC. The Balaban J connectivity index is 1.59. The second-order valence-corrected chi connectivity index (χ2v) is 7.84. The average molecular weight is 421 g/mol. The lowest BCUT2D eigenvalue weighted by Gasteiger charge is -2.29. The first-order valence-electron chi connectivity index (χ1n) is 10.8. The quantitative estimate of drug-likeness (QED) is 0.642. The molecular formula is C25H28N2O4. The van der Waals surface area contributed by atoms with Crippen molar-refractivity contribution in [2.24, 2.45) is 0 Å². The Labute approximate surface area is 183 Å².